The highest BCUT2D eigenvalue weighted by molar-refractivity contribution is 5.94. The van der Waals surface area contributed by atoms with Crippen LogP contribution in [0.5, 0.6) is 0 Å². The van der Waals surface area contributed by atoms with E-state index in [0.29, 0.717) is 0 Å². The zero-order valence-corrected chi connectivity index (χ0v) is 14.6. The number of fused-ring (bicyclic) bond motifs is 1. The second kappa shape index (κ2) is 7.30. The van der Waals surface area contributed by atoms with Crippen LogP contribution >= 0.6 is 12.4 Å². The van der Waals surface area contributed by atoms with E-state index in [1.165, 1.54) is 33.4 Å². The van der Waals surface area contributed by atoms with Crippen LogP contribution in [0.4, 0.5) is 5.69 Å². The molecule has 1 aliphatic rings. The summed E-state index contributed by atoms with van der Waals surface area (Å²) >= 11 is 0. The first-order valence-corrected chi connectivity index (χ1v) is 8.05. The number of aromatic nitrogens is 1. The third-order valence-corrected chi connectivity index (χ3v) is 4.24. The number of pyridine rings is 1. The van der Waals surface area contributed by atoms with Crippen molar-refractivity contribution in [3.8, 4) is 0 Å². The molecule has 1 aromatic carbocycles. The first-order valence-electron chi connectivity index (χ1n) is 8.05. The van der Waals surface area contributed by atoms with Gasteiger partial charge in [0, 0.05) is 42.9 Å². The first-order chi connectivity index (χ1) is 10.2. The average molecular weight is 320 g/mol. The highest BCUT2D eigenvalue weighted by atomic mass is 35.5. The van der Waals surface area contributed by atoms with Crippen LogP contribution in [0.25, 0.3) is 10.9 Å². The molecule has 0 bridgehead atoms. The summed E-state index contributed by atoms with van der Waals surface area (Å²) in [4.78, 5) is 7.43. The average Bonchev–Trinajstić information content (AvgIpc) is 2.48. The number of halogens is 1. The summed E-state index contributed by atoms with van der Waals surface area (Å²) in [6, 6.07) is 6.85. The lowest BCUT2D eigenvalue weighted by Gasteiger charge is -2.31. The molecule has 0 unspecified atom stereocenters. The monoisotopic (exact) mass is 319 g/mol. The lowest BCUT2D eigenvalue weighted by atomic mass is 10.0. The van der Waals surface area contributed by atoms with E-state index in [1.807, 2.05) is 0 Å². The molecule has 22 heavy (non-hydrogen) atoms. The Labute approximate surface area is 139 Å². The van der Waals surface area contributed by atoms with Crippen molar-refractivity contribution in [3.63, 3.8) is 0 Å². The van der Waals surface area contributed by atoms with Gasteiger partial charge in [-0.05, 0) is 38.0 Å². The summed E-state index contributed by atoms with van der Waals surface area (Å²) < 4.78 is 0. The molecule has 1 saturated heterocycles. The third kappa shape index (κ3) is 3.36. The fraction of sp³-hybridized carbons (Fsp3) is 0.500. The minimum absolute atomic E-state index is 0. The van der Waals surface area contributed by atoms with Gasteiger partial charge in [0.15, 0.2) is 0 Å². The van der Waals surface area contributed by atoms with Crippen LogP contribution < -0.4 is 10.2 Å². The lowest BCUT2D eigenvalue weighted by Crippen LogP contribution is -2.43. The fourth-order valence-electron chi connectivity index (χ4n) is 3.27. The molecular formula is C18H26ClN3. The number of aryl methyl sites for hydroxylation is 3. The number of piperazine rings is 1. The molecule has 1 aliphatic heterocycles. The van der Waals surface area contributed by atoms with Crippen LogP contribution in [0.15, 0.2) is 18.2 Å². The molecule has 0 spiro atoms. The van der Waals surface area contributed by atoms with E-state index in [2.05, 4.69) is 49.2 Å². The number of hydrogen-bond donors (Lipinski definition) is 1. The van der Waals surface area contributed by atoms with Gasteiger partial charge in [-0.25, -0.2) is 0 Å². The number of anilines is 1. The molecular weight excluding hydrogens is 294 g/mol. The third-order valence-electron chi connectivity index (χ3n) is 4.24. The van der Waals surface area contributed by atoms with Crippen molar-refractivity contribution in [2.24, 2.45) is 0 Å². The number of nitrogens with zero attached hydrogens (tertiary/aromatic N) is 2. The van der Waals surface area contributed by atoms with Gasteiger partial charge in [-0.15, -0.1) is 12.4 Å². The Morgan fingerprint density at radius 1 is 1.14 bits per heavy atom. The highest BCUT2D eigenvalue weighted by Crippen LogP contribution is 2.30. The van der Waals surface area contributed by atoms with Gasteiger partial charge in [0.25, 0.3) is 0 Å². The van der Waals surface area contributed by atoms with E-state index in [4.69, 9.17) is 4.98 Å². The van der Waals surface area contributed by atoms with E-state index >= 15 is 0 Å². The van der Waals surface area contributed by atoms with Crippen LogP contribution in [0.3, 0.4) is 0 Å². The van der Waals surface area contributed by atoms with E-state index in [1.54, 1.807) is 0 Å². The lowest BCUT2D eigenvalue weighted by molar-refractivity contribution is 0.590. The van der Waals surface area contributed by atoms with Crippen molar-refractivity contribution >= 4 is 29.0 Å². The zero-order valence-electron chi connectivity index (χ0n) is 13.8. The van der Waals surface area contributed by atoms with Crippen molar-refractivity contribution < 1.29 is 0 Å². The van der Waals surface area contributed by atoms with Crippen LogP contribution in [0, 0.1) is 13.8 Å². The van der Waals surface area contributed by atoms with E-state index in [-0.39, 0.29) is 12.4 Å². The van der Waals surface area contributed by atoms with Crippen molar-refractivity contribution in [2.45, 2.75) is 33.6 Å². The van der Waals surface area contributed by atoms with E-state index in [9.17, 15) is 0 Å². The molecule has 0 aliphatic carbocycles. The molecule has 4 heteroatoms. The largest absolute Gasteiger partial charge is 0.368 e. The summed E-state index contributed by atoms with van der Waals surface area (Å²) in [5.41, 5.74) is 6.39. The number of nitrogens with one attached hydrogen (secondary N) is 1. The van der Waals surface area contributed by atoms with Gasteiger partial charge in [-0.2, -0.15) is 0 Å². The van der Waals surface area contributed by atoms with Crippen molar-refractivity contribution in [3.05, 3.63) is 35.0 Å². The molecule has 3 nitrogen and oxygen atoms in total. The van der Waals surface area contributed by atoms with Gasteiger partial charge < -0.3 is 10.2 Å². The number of benzene rings is 1. The summed E-state index contributed by atoms with van der Waals surface area (Å²) in [5, 5.41) is 4.75. The maximum atomic E-state index is 4.92. The maximum absolute atomic E-state index is 4.92. The first kappa shape index (κ1) is 17.0. The van der Waals surface area contributed by atoms with Gasteiger partial charge in [-0.3, -0.25) is 4.98 Å². The summed E-state index contributed by atoms with van der Waals surface area (Å²) in [5.74, 6) is 0. The van der Waals surface area contributed by atoms with E-state index < -0.39 is 0 Å². The number of hydrogen-bond acceptors (Lipinski definition) is 3. The van der Waals surface area contributed by atoms with Gasteiger partial charge >= 0.3 is 0 Å². The minimum Gasteiger partial charge on any atom is -0.368 e. The maximum Gasteiger partial charge on any atom is 0.0755 e. The molecule has 0 atom stereocenters. The van der Waals surface area contributed by atoms with Crippen LogP contribution in [-0.4, -0.2) is 31.2 Å². The van der Waals surface area contributed by atoms with Gasteiger partial charge in [0.05, 0.1) is 5.52 Å². The Morgan fingerprint density at radius 2 is 1.86 bits per heavy atom. The normalized spacial score (nSPS) is 15.0. The van der Waals surface area contributed by atoms with Gasteiger partial charge in [0.1, 0.15) is 0 Å². The van der Waals surface area contributed by atoms with Crippen molar-refractivity contribution in [2.75, 3.05) is 31.1 Å². The molecule has 2 aromatic rings. The smallest absolute Gasteiger partial charge is 0.0755 e. The minimum atomic E-state index is 0. The Bertz CT molecular complexity index is 648. The Kier molecular flexibility index (Phi) is 5.65. The second-order valence-electron chi connectivity index (χ2n) is 6.10. The standard InChI is InChI=1S/C18H25N3.ClH/c1-4-5-15-12-17(21-8-6-19-7-9-21)16-11-13(2)10-14(3)18(16)20-15;/h10-12,19H,4-9H2,1-3H3;1H. The summed E-state index contributed by atoms with van der Waals surface area (Å²) in [6.07, 6.45) is 2.20. The van der Waals surface area contributed by atoms with Crippen molar-refractivity contribution in [1.29, 1.82) is 0 Å². The SMILES string of the molecule is CCCc1cc(N2CCNCC2)c2cc(C)cc(C)c2n1.Cl. The zero-order chi connectivity index (χ0) is 14.8. The Morgan fingerprint density at radius 3 is 2.55 bits per heavy atom. The van der Waals surface area contributed by atoms with Crippen LogP contribution in [0.1, 0.15) is 30.2 Å². The molecule has 1 aromatic heterocycles. The number of rotatable bonds is 3. The van der Waals surface area contributed by atoms with Crippen molar-refractivity contribution in [1.82, 2.24) is 10.3 Å². The Balaban J connectivity index is 0.00000176. The topological polar surface area (TPSA) is 28.2 Å². The van der Waals surface area contributed by atoms with Gasteiger partial charge in [-0.1, -0.05) is 25.0 Å². The molecule has 3 rings (SSSR count). The van der Waals surface area contributed by atoms with E-state index in [0.717, 1.165) is 39.0 Å². The molecule has 1 fully saturated rings. The highest BCUT2D eigenvalue weighted by Gasteiger charge is 2.16. The molecule has 0 radical (unpaired) electrons. The predicted octanol–water partition coefficient (Wildman–Crippen LogP) is 3.64. The molecule has 120 valence electrons. The second-order valence-corrected chi connectivity index (χ2v) is 6.10. The molecule has 0 amide bonds. The van der Waals surface area contributed by atoms with Gasteiger partial charge in [0.2, 0.25) is 0 Å². The molecule has 2 heterocycles. The quantitative estimate of drug-likeness (QED) is 0.936. The molecule has 1 N–H and O–H groups in total. The molecule has 0 saturated carbocycles. The van der Waals surface area contributed by atoms with Crippen LogP contribution in [0.2, 0.25) is 0 Å². The predicted molar refractivity (Wildman–Crippen MR) is 97.5 cm³/mol. The summed E-state index contributed by atoms with van der Waals surface area (Å²) in [6.45, 7) is 10.9. The van der Waals surface area contributed by atoms with Crippen LogP contribution in [-0.2, 0) is 6.42 Å². The Hall–Kier alpha value is -1.32. The fourth-order valence-corrected chi connectivity index (χ4v) is 3.27. The summed E-state index contributed by atoms with van der Waals surface area (Å²) in [7, 11) is 0.